The summed E-state index contributed by atoms with van der Waals surface area (Å²) in [5.74, 6) is 2.76. The average molecular weight is 442 g/mol. The molecule has 0 saturated heterocycles. The van der Waals surface area contributed by atoms with Gasteiger partial charge in [0.15, 0.2) is 0 Å². The van der Waals surface area contributed by atoms with Gasteiger partial charge >= 0.3 is 0 Å². The van der Waals surface area contributed by atoms with Crippen LogP contribution >= 0.6 is 0 Å². The number of aliphatic hydroxyl groups excluding tert-OH is 1. The summed E-state index contributed by atoms with van der Waals surface area (Å²) in [6.07, 6.45) is 11.2. The molecule has 32 heavy (non-hydrogen) atoms. The van der Waals surface area contributed by atoms with E-state index in [1.165, 1.54) is 37.7 Å². The molecule has 0 aromatic carbocycles. The predicted molar refractivity (Wildman–Crippen MR) is 131 cm³/mol. The monoisotopic (exact) mass is 441 g/mol. The van der Waals surface area contributed by atoms with E-state index in [1.54, 1.807) is 0 Å². The van der Waals surface area contributed by atoms with Crippen molar-refractivity contribution in [2.45, 2.75) is 117 Å². The maximum Gasteiger partial charge on any atom is 0.106 e. The lowest BCUT2D eigenvalue weighted by Gasteiger charge is -2.72. The van der Waals surface area contributed by atoms with Crippen LogP contribution in [0.4, 0.5) is 0 Å². The molecule has 0 bridgehead atoms. The summed E-state index contributed by atoms with van der Waals surface area (Å²) in [4.78, 5) is 12.3. The van der Waals surface area contributed by atoms with Gasteiger partial charge in [0.2, 0.25) is 0 Å². The highest BCUT2D eigenvalue weighted by Gasteiger charge is 2.71. The number of nitrogens with zero attached hydrogens (tertiary/aromatic N) is 1. The third-order valence-electron chi connectivity index (χ3n) is 13.2. The van der Waals surface area contributed by atoms with Gasteiger partial charge in [-0.2, -0.15) is 4.91 Å². The zero-order valence-corrected chi connectivity index (χ0v) is 21.5. The molecule has 5 rings (SSSR count). The second-order valence-corrected chi connectivity index (χ2v) is 14.3. The number of allylic oxidation sites excluding steroid dienone is 1. The summed E-state index contributed by atoms with van der Waals surface area (Å²) < 4.78 is 0. The van der Waals surface area contributed by atoms with E-state index in [0.717, 1.165) is 32.1 Å². The van der Waals surface area contributed by atoms with Gasteiger partial charge in [0.05, 0.1) is 6.10 Å². The fraction of sp³-hybridized carbons (Fsp3) is 0.931. The Morgan fingerprint density at radius 2 is 1.56 bits per heavy atom. The number of hydrogen-bond acceptors (Lipinski definition) is 3. The molecule has 1 unspecified atom stereocenters. The van der Waals surface area contributed by atoms with E-state index < -0.39 is 0 Å². The van der Waals surface area contributed by atoms with Crippen LogP contribution in [0, 0.1) is 56.2 Å². The van der Waals surface area contributed by atoms with Gasteiger partial charge in [-0.3, -0.25) is 0 Å². The molecule has 0 amide bonds. The summed E-state index contributed by atoms with van der Waals surface area (Å²) in [6, 6.07) is 0. The second-order valence-electron chi connectivity index (χ2n) is 14.3. The molecule has 0 spiro atoms. The molecule has 5 aliphatic carbocycles. The van der Waals surface area contributed by atoms with Crippen molar-refractivity contribution < 1.29 is 5.11 Å². The molecular weight excluding hydrogens is 394 g/mol. The largest absolute Gasteiger partial charge is 0.393 e. The summed E-state index contributed by atoms with van der Waals surface area (Å²) in [5, 5.41) is 14.8. The zero-order chi connectivity index (χ0) is 23.3. The molecule has 0 radical (unpaired) electrons. The van der Waals surface area contributed by atoms with E-state index >= 15 is 0 Å². The van der Waals surface area contributed by atoms with Crippen molar-refractivity contribution in [1.82, 2.24) is 0 Å². The lowest BCUT2D eigenvalue weighted by atomic mass is 9.32. The van der Waals surface area contributed by atoms with Crippen molar-refractivity contribution in [3.05, 3.63) is 17.1 Å². The van der Waals surface area contributed by atoms with Gasteiger partial charge < -0.3 is 5.11 Å². The quantitative estimate of drug-likeness (QED) is 0.356. The van der Waals surface area contributed by atoms with Crippen molar-refractivity contribution in [3.63, 3.8) is 0 Å². The molecule has 0 aromatic rings. The van der Waals surface area contributed by atoms with Crippen LogP contribution in [-0.2, 0) is 0 Å². The third kappa shape index (κ3) is 2.58. The number of fused-ring (bicyclic) bond motifs is 7. The van der Waals surface area contributed by atoms with Crippen LogP contribution < -0.4 is 0 Å². The van der Waals surface area contributed by atoms with Crippen LogP contribution in [-0.4, -0.2) is 16.7 Å². The Morgan fingerprint density at radius 1 is 0.844 bits per heavy atom. The minimum Gasteiger partial charge on any atom is -0.393 e. The second kappa shape index (κ2) is 6.92. The van der Waals surface area contributed by atoms with Gasteiger partial charge in [-0.05, 0) is 122 Å². The molecule has 5 aliphatic rings. The van der Waals surface area contributed by atoms with Crippen molar-refractivity contribution in [1.29, 1.82) is 0 Å². The molecule has 0 aromatic heterocycles. The van der Waals surface area contributed by atoms with Crippen LogP contribution in [0.5, 0.6) is 0 Å². The van der Waals surface area contributed by atoms with E-state index in [2.05, 4.69) is 53.3 Å². The lowest BCUT2D eigenvalue weighted by molar-refractivity contribution is -0.242. The van der Waals surface area contributed by atoms with E-state index in [9.17, 15) is 10.0 Å². The van der Waals surface area contributed by atoms with Gasteiger partial charge in [0.1, 0.15) is 5.54 Å². The topological polar surface area (TPSA) is 49.7 Å². The first-order chi connectivity index (χ1) is 14.9. The van der Waals surface area contributed by atoms with Crippen LogP contribution in [0.25, 0.3) is 0 Å². The first-order valence-corrected chi connectivity index (χ1v) is 13.6. The highest BCUT2D eigenvalue weighted by Crippen LogP contribution is 2.76. The summed E-state index contributed by atoms with van der Waals surface area (Å²) in [6.45, 7) is 19.1. The molecule has 1 N–H and O–H groups in total. The molecule has 180 valence electrons. The summed E-state index contributed by atoms with van der Waals surface area (Å²) in [5.41, 5.74) is 1.82. The van der Waals surface area contributed by atoms with Crippen molar-refractivity contribution in [2.24, 2.45) is 56.4 Å². The van der Waals surface area contributed by atoms with Crippen molar-refractivity contribution >= 4 is 0 Å². The SMILES string of the molecule is C=C(C)[C@@H]1CCC2(N=O)CC[C@]3(C)[C@H](CC[C@@H]4[C@@]5(C)CC[C@H](O)C(C)(C)[C@@H]5CC[C@]43C)[C@@H]12. The first-order valence-electron chi connectivity index (χ1n) is 13.6. The van der Waals surface area contributed by atoms with E-state index in [4.69, 9.17) is 0 Å². The fourth-order valence-electron chi connectivity index (χ4n) is 11.3. The Bertz CT molecular complexity index is 820. The van der Waals surface area contributed by atoms with Gasteiger partial charge in [-0.25, -0.2) is 0 Å². The normalized spacial score (nSPS) is 56.3. The van der Waals surface area contributed by atoms with E-state index in [0.29, 0.717) is 40.4 Å². The number of rotatable bonds is 2. The molecule has 5 saturated carbocycles. The Morgan fingerprint density at radius 3 is 2.22 bits per heavy atom. The first kappa shape index (κ1) is 23.1. The Labute approximate surface area is 196 Å². The van der Waals surface area contributed by atoms with Gasteiger partial charge in [0, 0.05) is 0 Å². The van der Waals surface area contributed by atoms with Crippen LogP contribution in [0.2, 0.25) is 0 Å². The molecule has 3 nitrogen and oxygen atoms in total. The van der Waals surface area contributed by atoms with Gasteiger partial charge in [0.25, 0.3) is 0 Å². The highest BCUT2D eigenvalue weighted by atomic mass is 16.3. The summed E-state index contributed by atoms with van der Waals surface area (Å²) in [7, 11) is 0. The maximum absolute atomic E-state index is 12.3. The molecular formula is C29H47NO2. The number of hydrogen-bond donors (Lipinski definition) is 1. The fourth-order valence-corrected chi connectivity index (χ4v) is 11.3. The zero-order valence-electron chi connectivity index (χ0n) is 21.5. The number of aliphatic hydroxyl groups is 1. The minimum absolute atomic E-state index is 0.00569. The van der Waals surface area contributed by atoms with Gasteiger partial charge in [-0.1, -0.05) is 51.9 Å². The molecule has 3 heteroatoms. The van der Waals surface area contributed by atoms with Gasteiger partial charge in [-0.15, -0.1) is 0 Å². The maximum atomic E-state index is 12.3. The van der Waals surface area contributed by atoms with Crippen molar-refractivity contribution in [3.8, 4) is 0 Å². The highest BCUT2D eigenvalue weighted by molar-refractivity contribution is 5.23. The smallest absolute Gasteiger partial charge is 0.106 e. The Hall–Kier alpha value is -0.700. The Balaban J connectivity index is 1.56. The Kier molecular flexibility index (Phi) is 4.99. The predicted octanol–water partition coefficient (Wildman–Crippen LogP) is 7.52. The average Bonchev–Trinajstić information content (AvgIpc) is 3.12. The third-order valence-corrected chi connectivity index (χ3v) is 13.2. The van der Waals surface area contributed by atoms with Crippen LogP contribution in [0.15, 0.2) is 17.3 Å². The minimum atomic E-state index is -0.338. The number of nitroso groups, excluding NO2 is 1. The molecule has 10 atom stereocenters. The molecule has 0 aliphatic heterocycles. The summed E-state index contributed by atoms with van der Waals surface area (Å²) >= 11 is 0. The molecule has 5 fully saturated rings. The van der Waals surface area contributed by atoms with E-state index in [-0.39, 0.29) is 22.5 Å². The van der Waals surface area contributed by atoms with Crippen LogP contribution in [0.3, 0.4) is 0 Å². The van der Waals surface area contributed by atoms with Crippen molar-refractivity contribution in [2.75, 3.05) is 0 Å². The lowest BCUT2D eigenvalue weighted by Crippen LogP contribution is -2.67. The van der Waals surface area contributed by atoms with Crippen LogP contribution in [0.1, 0.15) is 106 Å². The standard InChI is InChI=1S/C29H47NO2/c1-18(2)19-10-15-29(30-32)17-16-27(6)20(24(19)29)8-9-22-26(5)13-12-23(31)25(3,4)21(26)11-14-28(22,27)7/h19-24,31H,1,8-17H2,2-7H3/t19-,20+,21-,22+,23-,24+,26-,27+,28+,29?/m0/s1. The molecule has 0 heterocycles. The van der Waals surface area contributed by atoms with E-state index in [1.807, 2.05) is 0 Å².